The molecule has 0 saturated carbocycles. The van der Waals surface area contributed by atoms with Gasteiger partial charge in [0.2, 0.25) is 0 Å². The monoisotopic (exact) mass is 253 g/mol. The highest BCUT2D eigenvalue weighted by Gasteiger charge is 2.13. The Hall–Kier alpha value is -0.340. The average Bonchev–Trinajstić information content (AvgIpc) is 2.74. The maximum absolute atomic E-state index is 3.64. The van der Waals surface area contributed by atoms with E-state index in [0.717, 1.165) is 12.5 Å². The fourth-order valence-electron chi connectivity index (χ4n) is 2.01. The Labute approximate surface area is 111 Å². The van der Waals surface area contributed by atoms with Gasteiger partial charge in [0.05, 0.1) is 0 Å². The minimum absolute atomic E-state index is 0.244. The Morgan fingerprint density at radius 3 is 2.59 bits per heavy atom. The molecule has 1 unspecified atom stereocenters. The predicted octanol–water partition coefficient (Wildman–Crippen LogP) is 4.49. The van der Waals surface area contributed by atoms with Gasteiger partial charge in [0.15, 0.2) is 0 Å². The molecule has 1 rings (SSSR count). The molecule has 0 aliphatic rings. The second-order valence-electron chi connectivity index (χ2n) is 5.96. The molecule has 0 aromatic carbocycles. The van der Waals surface area contributed by atoms with Gasteiger partial charge in [-0.15, -0.1) is 0 Å². The standard InChI is InChI=1S/C15H27NS/c1-5-6-13(11-16-15(2,3)4)7-8-14-9-10-17-12-14/h9-10,12-13,16H,5-8,11H2,1-4H3. The highest BCUT2D eigenvalue weighted by molar-refractivity contribution is 7.07. The van der Waals surface area contributed by atoms with Crippen LogP contribution in [0.4, 0.5) is 0 Å². The second-order valence-corrected chi connectivity index (χ2v) is 6.74. The van der Waals surface area contributed by atoms with Crippen LogP contribution >= 0.6 is 11.3 Å². The molecule has 1 aromatic rings. The first-order chi connectivity index (χ1) is 8.01. The summed E-state index contributed by atoms with van der Waals surface area (Å²) in [5.41, 5.74) is 1.75. The van der Waals surface area contributed by atoms with Gasteiger partial charge in [-0.05, 0) is 74.9 Å². The topological polar surface area (TPSA) is 12.0 Å². The first-order valence-electron chi connectivity index (χ1n) is 6.77. The number of aryl methyl sites for hydroxylation is 1. The van der Waals surface area contributed by atoms with Crippen molar-refractivity contribution in [3.8, 4) is 0 Å². The first-order valence-corrected chi connectivity index (χ1v) is 7.71. The Morgan fingerprint density at radius 2 is 2.06 bits per heavy atom. The molecule has 1 aromatic heterocycles. The van der Waals surface area contributed by atoms with Gasteiger partial charge in [-0.25, -0.2) is 0 Å². The molecule has 0 amide bonds. The summed E-state index contributed by atoms with van der Waals surface area (Å²) in [6.45, 7) is 10.2. The van der Waals surface area contributed by atoms with E-state index >= 15 is 0 Å². The summed E-state index contributed by atoms with van der Waals surface area (Å²) in [4.78, 5) is 0. The van der Waals surface area contributed by atoms with E-state index in [4.69, 9.17) is 0 Å². The van der Waals surface area contributed by atoms with Crippen molar-refractivity contribution in [2.75, 3.05) is 6.54 Å². The van der Waals surface area contributed by atoms with Gasteiger partial charge < -0.3 is 5.32 Å². The van der Waals surface area contributed by atoms with E-state index in [1.807, 2.05) is 0 Å². The Bertz CT molecular complexity index is 284. The molecule has 0 aliphatic carbocycles. The van der Waals surface area contributed by atoms with Crippen molar-refractivity contribution in [3.63, 3.8) is 0 Å². The van der Waals surface area contributed by atoms with Crippen LogP contribution in [0.5, 0.6) is 0 Å². The van der Waals surface area contributed by atoms with Gasteiger partial charge in [0.1, 0.15) is 0 Å². The summed E-state index contributed by atoms with van der Waals surface area (Å²) in [5.74, 6) is 0.819. The minimum Gasteiger partial charge on any atom is -0.312 e. The fraction of sp³-hybridized carbons (Fsp3) is 0.733. The smallest absolute Gasteiger partial charge is 0.00966 e. The molecule has 0 saturated heterocycles. The molecule has 17 heavy (non-hydrogen) atoms. The van der Waals surface area contributed by atoms with Crippen LogP contribution in [-0.4, -0.2) is 12.1 Å². The van der Waals surface area contributed by atoms with Crippen LogP contribution in [0.15, 0.2) is 16.8 Å². The molecule has 0 fully saturated rings. The summed E-state index contributed by atoms with van der Waals surface area (Å²) in [6, 6.07) is 2.25. The highest BCUT2D eigenvalue weighted by Crippen LogP contribution is 2.17. The van der Waals surface area contributed by atoms with Crippen LogP contribution in [0, 0.1) is 5.92 Å². The van der Waals surface area contributed by atoms with Gasteiger partial charge in [-0.3, -0.25) is 0 Å². The molecular weight excluding hydrogens is 226 g/mol. The number of nitrogens with one attached hydrogen (secondary N) is 1. The molecule has 1 atom stereocenters. The van der Waals surface area contributed by atoms with Crippen molar-refractivity contribution in [3.05, 3.63) is 22.4 Å². The number of hydrogen-bond acceptors (Lipinski definition) is 2. The SMILES string of the molecule is CCCC(CCc1ccsc1)CNC(C)(C)C. The quantitative estimate of drug-likeness (QED) is 0.755. The Kier molecular flexibility index (Phi) is 6.21. The Morgan fingerprint density at radius 1 is 1.29 bits per heavy atom. The second kappa shape index (κ2) is 7.17. The lowest BCUT2D eigenvalue weighted by Gasteiger charge is -2.25. The van der Waals surface area contributed by atoms with Crippen LogP contribution in [-0.2, 0) is 6.42 Å². The third kappa shape index (κ3) is 6.85. The van der Waals surface area contributed by atoms with Crippen molar-refractivity contribution in [1.29, 1.82) is 0 Å². The van der Waals surface area contributed by atoms with E-state index in [1.165, 1.54) is 31.2 Å². The van der Waals surface area contributed by atoms with E-state index < -0.39 is 0 Å². The van der Waals surface area contributed by atoms with Gasteiger partial charge in [-0.2, -0.15) is 11.3 Å². The third-order valence-electron chi connectivity index (χ3n) is 3.04. The first kappa shape index (κ1) is 14.7. The number of rotatable bonds is 7. The van der Waals surface area contributed by atoms with Crippen molar-refractivity contribution in [1.82, 2.24) is 5.32 Å². The van der Waals surface area contributed by atoms with Crippen LogP contribution in [0.25, 0.3) is 0 Å². The lowest BCUT2D eigenvalue weighted by Crippen LogP contribution is -2.39. The van der Waals surface area contributed by atoms with E-state index in [0.29, 0.717) is 0 Å². The lowest BCUT2D eigenvalue weighted by atomic mass is 9.95. The zero-order valence-electron chi connectivity index (χ0n) is 11.8. The molecule has 1 heterocycles. The van der Waals surface area contributed by atoms with Gasteiger partial charge in [0.25, 0.3) is 0 Å². The molecule has 0 radical (unpaired) electrons. The van der Waals surface area contributed by atoms with E-state index in [2.05, 4.69) is 49.8 Å². The predicted molar refractivity (Wildman–Crippen MR) is 78.8 cm³/mol. The Balaban J connectivity index is 2.32. The molecule has 1 nitrogen and oxygen atoms in total. The maximum atomic E-state index is 3.64. The number of hydrogen-bond donors (Lipinski definition) is 1. The summed E-state index contributed by atoms with van der Waals surface area (Å²) < 4.78 is 0. The zero-order chi connectivity index (χ0) is 12.7. The number of thiophene rings is 1. The third-order valence-corrected chi connectivity index (χ3v) is 3.77. The molecule has 98 valence electrons. The summed E-state index contributed by atoms with van der Waals surface area (Å²) in [6.07, 6.45) is 5.18. The van der Waals surface area contributed by atoms with Crippen LogP contribution < -0.4 is 5.32 Å². The van der Waals surface area contributed by atoms with E-state index in [1.54, 1.807) is 11.3 Å². The largest absolute Gasteiger partial charge is 0.312 e. The van der Waals surface area contributed by atoms with Crippen molar-refractivity contribution in [2.45, 2.75) is 58.9 Å². The average molecular weight is 253 g/mol. The molecule has 0 aliphatic heterocycles. The van der Waals surface area contributed by atoms with Crippen molar-refractivity contribution < 1.29 is 0 Å². The van der Waals surface area contributed by atoms with Gasteiger partial charge in [-0.1, -0.05) is 13.3 Å². The zero-order valence-corrected chi connectivity index (χ0v) is 12.6. The summed E-state index contributed by atoms with van der Waals surface area (Å²) in [7, 11) is 0. The van der Waals surface area contributed by atoms with Crippen molar-refractivity contribution in [2.24, 2.45) is 5.92 Å². The van der Waals surface area contributed by atoms with Gasteiger partial charge >= 0.3 is 0 Å². The molecule has 0 spiro atoms. The van der Waals surface area contributed by atoms with E-state index in [9.17, 15) is 0 Å². The maximum Gasteiger partial charge on any atom is 0.00966 e. The lowest BCUT2D eigenvalue weighted by molar-refractivity contribution is 0.344. The minimum atomic E-state index is 0.244. The summed E-state index contributed by atoms with van der Waals surface area (Å²) >= 11 is 1.81. The normalized spacial score (nSPS) is 13.9. The fourth-order valence-corrected chi connectivity index (χ4v) is 2.72. The van der Waals surface area contributed by atoms with Crippen molar-refractivity contribution >= 4 is 11.3 Å². The molecular formula is C15H27NS. The summed E-state index contributed by atoms with van der Waals surface area (Å²) in [5, 5.41) is 8.10. The van der Waals surface area contributed by atoms with Crippen LogP contribution in [0.1, 0.15) is 52.5 Å². The highest BCUT2D eigenvalue weighted by atomic mass is 32.1. The molecule has 0 bridgehead atoms. The van der Waals surface area contributed by atoms with Gasteiger partial charge in [0, 0.05) is 5.54 Å². The van der Waals surface area contributed by atoms with Crippen LogP contribution in [0.3, 0.4) is 0 Å². The molecule has 2 heteroatoms. The molecule has 1 N–H and O–H groups in total. The van der Waals surface area contributed by atoms with Crippen LogP contribution in [0.2, 0.25) is 0 Å². The van der Waals surface area contributed by atoms with E-state index in [-0.39, 0.29) is 5.54 Å².